The Balaban J connectivity index is 2.94. The van der Waals surface area contributed by atoms with Crippen molar-refractivity contribution in [3.8, 4) is 0 Å². The number of aromatic nitrogens is 2. The molecule has 1 aromatic heterocycles. The van der Waals surface area contributed by atoms with E-state index in [1.807, 2.05) is 0 Å². The third kappa shape index (κ3) is 1.36. The van der Waals surface area contributed by atoms with E-state index >= 15 is 0 Å². The van der Waals surface area contributed by atoms with Crippen LogP contribution in [0, 0.1) is 11.6 Å². The van der Waals surface area contributed by atoms with E-state index < -0.39 is 11.6 Å². The first-order chi connectivity index (χ1) is 6.61. The highest BCUT2D eigenvalue weighted by molar-refractivity contribution is 9.10. The topological polar surface area (TPSA) is 25.8 Å². The van der Waals surface area contributed by atoms with Crippen molar-refractivity contribution < 1.29 is 8.78 Å². The summed E-state index contributed by atoms with van der Waals surface area (Å²) in [7, 11) is 0. The highest BCUT2D eigenvalue weighted by Gasteiger charge is 2.13. The van der Waals surface area contributed by atoms with Crippen molar-refractivity contribution in [2.75, 3.05) is 0 Å². The van der Waals surface area contributed by atoms with Gasteiger partial charge in [-0.2, -0.15) is 0 Å². The van der Waals surface area contributed by atoms with Gasteiger partial charge in [-0.25, -0.2) is 8.78 Å². The molecule has 0 unspecified atom stereocenters. The molecule has 0 bridgehead atoms. The first-order valence-corrected chi connectivity index (χ1v) is 4.73. The van der Waals surface area contributed by atoms with Crippen LogP contribution >= 0.6 is 27.5 Å². The van der Waals surface area contributed by atoms with E-state index in [4.69, 9.17) is 11.6 Å². The minimum atomic E-state index is -1.04. The van der Waals surface area contributed by atoms with E-state index in [0.29, 0.717) is 9.99 Å². The number of hydrogen-bond acceptors (Lipinski definition) is 2. The minimum Gasteiger partial charge on any atom is -0.204 e. The van der Waals surface area contributed by atoms with Crippen LogP contribution in [-0.2, 0) is 0 Å². The van der Waals surface area contributed by atoms with Crippen LogP contribution < -0.4 is 0 Å². The molecule has 6 heteroatoms. The van der Waals surface area contributed by atoms with E-state index in [1.165, 1.54) is 6.07 Å². The maximum Gasteiger partial charge on any atom is 0.186 e. The first kappa shape index (κ1) is 9.73. The lowest BCUT2D eigenvalue weighted by Crippen LogP contribution is -1.93. The molecular weight excluding hydrogens is 277 g/mol. The largest absolute Gasteiger partial charge is 0.204 e. The second-order valence-electron chi connectivity index (χ2n) is 2.56. The average Bonchev–Trinajstić information content (AvgIpc) is 2.17. The molecular formula is C8H2BrClF2N2. The molecule has 0 N–H and O–H groups in total. The van der Waals surface area contributed by atoms with Crippen molar-refractivity contribution in [1.82, 2.24) is 10.2 Å². The fourth-order valence-electron chi connectivity index (χ4n) is 1.06. The molecule has 2 aromatic rings. The van der Waals surface area contributed by atoms with Crippen molar-refractivity contribution >= 4 is 38.4 Å². The van der Waals surface area contributed by atoms with Crippen molar-refractivity contribution in [3.05, 3.63) is 33.4 Å². The summed E-state index contributed by atoms with van der Waals surface area (Å²) in [5, 5.41) is 7.59. The van der Waals surface area contributed by atoms with Crippen molar-refractivity contribution in [2.24, 2.45) is 0 Å². The molecule has 72 valence electrons. The maximum atomic E-state index is 13.2. The lowest BCUT2D eigenvalue weighted by Gasteiger charge is -2.01. The number of rotatable bonds is 0. The molecule has 0 aliphatic rings. The van der Waals surface area contributed by atoms with Gasteiger partial charge in [0.15, 0.2) is 11.6 Å². The van der Waals surface area contributed by atoms with Crippen LogP contribution in [-0.4, -0.2) is 10.2 Å². The van der Waals surface area contributed by atoms with E-state index in [-0.39, 0.29) is 10.5 Å². The van der Waals surface area contributed by atoms with E-state index in [1.54, 1.807) is 0 Å². The van der Waals surface area contributed by atoms with Crippen molar-refractivity contribution in [3.63, 3.8) is 0 Å². The Morgan fingerprint density at radius 3 is 2.64 bits per heavy atom. The Morgan fingerprint density at radius 1 is 1.21 bits per heavy atom. The minimum absolute atomic E-state index is 0.168. The fourth-order valence-corrected chi connectivity index (χ4v) is 1.55. The lowest BCUT2D eigenvalue weighted by atomic mass is 10.2. The van der Waals surface area contributed by atoms with Crippen LogP contribution in [0.5, 0.6) is 0 Å². The van der Waals surface area contributed by atoms with Gasteiger partial charge >= 0.3 is 0 Å². The van der Waals surface area contributed by atoms with Crippen LogP contribution in [0.4, 0.5) is 8.78 Å². The summed E-state index contributed by atoms with van der Waals surface area (Å²) in [6.07, 6.45) is 0. The monoisotopic (exact) mass is 278 g/mol. The highest BCUT2D eigenvalue weighted by Crippen LogP contribution is 2.29. The molecule has 0 aliphatic heterocycles. The van der Waals surface area contributed by atoms with Crippen molar-refractivity contribution in [1.29, 1.82) is 0 Å². The molecule has 0 saturated heterocycles. The molecule has 1 heterocycles. The smallest absolute Gasteiger partial charge is 0.186 e. The summed E-state index contributed by atoms with van der Waals surface area (Å²) in [6, 6.07) is 2.35. The Morgan fingerprint density at radius 2 is 1.93 bits per heavy atom. The molecule has 0 atom stereocenters. The van der Waals surface area contributed by atoms with Gasteiger partial charge in [0.2, 0.25) is 0 Å². The van der Waals surface area contributed by atoms with Gasteiger partial charge in [-0.3, -0.25) is 0 Å². The predicted octanol–water partition coefficient (Wildman–Crippen LogP) is 3.32. The number of halogens is 4. The van der Waals surface area contributed by atoms with E-state index in [9.17, 15) is 8.78 Å². The third-order valence-corrected chi connectivity index (χ3v) is 2.89. The van der Waals surface area contributed by atoms with Crippen LogP contribution in [0.2, 0.25) is 5.02 Å². The molecule has 1 aromatic carbocycles. The van der Waals surface area contributed by atoms with Gasteiger partial charge in [-0.15, -0.1) is 10.2 Å². The second kappa shape index (κ2) is 3.40. The average molecular weight is 279 g/mol. The van der Waals surface area contributed by atoms with Gasteiger partial charge in [0.25, 0.3) is 0 Å². The summed E-state index contributed by atoms with van der Waals surface area (Å²) in [5.74, 6) is -2.01. The molecule has 2 nitrogen and oxygen atoms in total. The molecule has 0 spiro atoms. The van der Waals surface area contributed by atoms with Gasteiger partial charge in [0, 0.05) is 5.39 Å². The molecule has 14 heavy (non-hydrogen) atoms. The molecule has 0 radical (unpaired) electrons. The zero-order valence-electron chi connectivity index (χ0n) is 6.56. The van der Waals surface area contributed by atoms with Crippen molar-refractivity contribution in [2.45, 2.75) is 0 Å². The second-order valence-corrected chi connectivity index (χ2v) is 3.69. The van der Waals surface area contributed by atoms with Gasteiger partial charge in [-0.1, -0.05) is 11.6 Å². The quantitative estimate of drug-likeness (QED) is 0.739. The van der Waals surface area contributed by atoms with Crippen LogP contribution in [0.15, 0.2) is 16.7 Å². The van der Waals surface area contributed by atoms with Gasteiger partial charge in [0.1, 0.15) is 10.1 Å². The predicted molar refractivity (Wildman–Crippen MR) is 52.2 cm³/mol. The summed E-state index contributed by atoms with van der Waals surface area (Å²) in [5.41, 5.74) is -0.168. The first-order valence-electron chi connectivity index (χ1n) is 3.56. The van der Waals surface area contributed by atoms with E-state index in [0.717, 1.165) is 6.07 Å². The number of nitrogens with zero attached hydrogens (tertiary/aromatic N) is 2. The van der Waals surface area contributed by atoms with Crippen LogP contribution in [0.3, 0.4) is 0 Å². The molecule has 0 fully saturated rings. The molecule has 0 amide bonds. The fraction of sp³-hybridized carbons (Fsp3) is 0. The van der Waals surface area contributed by atoms with Gasteiger partial charge in [-0.05, 0) is 28.1 Å². The lowest BCUT2D eigenvalue weighted by molar-refractivity contribution is 0.514. The zero-order valence-corrected chi connectivity index (χ0v) is 8.90. The number of benzene rings is 1. The summed E-state index contributed by atoms with van der Waals surface area (Å²) >= 11 is 8.85. The Bertz CT molecular complexity index is 471. The Hall–Kier alpha value is -0.810. The normalized spacial score (nSPS) is 10.9. The standard InChI is InChI=1S/C8H2BrClF2N2/c9-8-5(10)3-1-2-4(11)6(12)7(3)13-14-8/h1-2H. The van der Waals surface area contributed by atoms with Gasteiger partial charge < -0.3 is 0 Å². The summed E-state index contributed by atoms with van der Waals surface area (Å²) in [4.78, 5) is 0. The Labute approximate surface area is 91.0 Å². The molecule has 0 aliphatic carbocycles. The zero-order chi connectivity index (χ0) is 10.3. The van der Waals surface area contributed by atoms with Crippen LogP contribution in [0.1, 0.15) is 0 Å². The third-order valence-electron chi connectivity index (χ3n) is 1.72. The van der Waals surface area contributed by atoms with Gasteiger partial charge in [0.05, 0.1) is 5.02 Å². The van der Waals surface area contributed by atoms with E-state index in [2.05, 4.69) is 26.1 Å². The number of hydrogen-bond donors (Lipinski definition) is 0. The number of fused-ring (bicyclic) bond motifs is 1. The summed E-state index contributed by atoms with van der Waals surface area (Å²) in [6.45, 7) is 0. The Kier molecular flexibility index (Phi) is 2.36. The highest BCUT2D eigenvalue weighted by atomic mass is 79.9. The maximum absolute atomic E-state index is 13.2. The molecule has 0 saturated carbocycles. The summed E-state index contributed by atoms with van der Waals surface area (Å²) < 4.78 is 26.2. The SMILES string of the molecule is Fc1ccc2c(Cl)c(Br)nnc2c1F. The molecule has 2 rings (SSSR count). The van der Waals surface area contributed by atoms with Crippen LogP contribution in [0.25, 0.3) is 10.9 Å².